The average molecular weight is 374 g/mol. The molecular weight excluding hydrogens is 355 g/mol. The van der Waals surface area contributed by atoms with Crippen LogP contribution >= 0.6 is 12.2 Å². The molecule has 6 nitrogen and oxygen atoms in total. The lowest BCUT2D eigenvalue weighted by molar-refractivity contribution is 0.222. The van der Waals surface area contributed by atoms with Crippen molar-refractivity contribution < 1.29 is 13.9 Å². The van der Waals surface area contributed by atoms with Crippen LogP contribution in [0.4, 0.5) is 15.8 Å². The number of methoxy groups -OCH3 is 1. The van der Waals surface area contributed by atoms with E-state index in [9.17, 15) is 4.39 Å². The molecule has 26 heavy (non-hydrogen) atoms. The molecule has 1 saturated heterocycles. The zero-order valence-corrected chi connectivity index (χ0v) is 15.1. The summed E-state index contributed by atoms with van der Waals surface area (Å²) in [6, 6.07) is 8.69. The molecule has 0 radical (unpaired) electrons. The van der Waals surface area contributed by atoms with E-state index in [1.165, 1.54) is 12.1 Å². The van der Waals surface area contributed by atoms with E-state index < -0.39 is 0 Å². The third-order valence-corrected chi connectivity index (χ3v) is 4.97. The second-order valence-corrected chi connectivity index (χ2v) is 6.62. The van der Waals surface area contributed by atoms with Crippen LogP contribution in [0.15, 0.2) is 36.5 Å². The molecule has 1 aromatic heterocycles. The Bertz CT molecular complexity index is 811. The number of nitrogens with one attached hydrogen (secondary N) is 1. The van der Waals surface area contributed by atoms with Crippen LogP contribution < -0.4 is 19.7 Å². The molecule has 2 aromatic rings. The van der Waals surface area contributed by atoms with Crippen molar-refractivity contribution in [2.45, 2.75) is 6.04 Å². The number of nitrogens with zero attached hydrogens (tertiary/aromatic N) is 3. The van der Waals surface area contributed by atoms with Gasteiger partial charge in [-0.05, 0) is 30.4 Å². The third kappa shape index (κ3) is 3.24. The monoisotopic (exact) mass is 374 g/mol. The predicted octanol–water partition coefficient (Wildman–Crippen LogP) is 2.51. The normalized spacial score (nSPS) is 16.4. The van der Waals surface area contributed by atoms with Gasteiger partial charge in [0.2, 0.25) is 5.88 Å². The number of fused-ring (bicyclic) bond motifs is 1. The number of aromatic nitrogens is 1. The highest BCUT2D eigenvalue weighted by atomic mass is 32.1. The quantitative estimate of drug-likeness (QED) is 0.829. The van der Waals surface area contributed by atoms with Gasteiger partial charge < -0.3 is 24.6 Å². The van der Waals surface area contributed by atoms with E-state index in [1.807, 2.05) is 6.07 Å². The Morgan fingerprint density at radius 3 is 2.92 bits per heavy atom. The second kappa shape index (κ2) is 6.95. The summed E-state index contributed by atoms with van der Waals surface area (Å²) in [6.07, 6.45) is 1.69. The molecule has 0 unspecified atom stereocenters. The van der Waals surface area contributed by atoms with Crippen molar-refractivity contribution in [3.63, 3.8) is 0 Å². The summed E-state index contributed by atoms with van der Waals surface area (Å²) in [4.78, 5) is 8.53. The number of anilines is 2. The Kier molecular flexibility index (Phi) is 4.50. The van der Waals surface area contributed by atoms with Gasteiger partial charge in [0.05, 0.1) is 37.3 Å². The van der Waals surface area contributed by atoms with Crippen LogP contribution in [0, 0.1) is 5.82 Å². The third-order valence-electron chi connectivity index (χ3n) is 4.61. The first kappa shape index (κ1) is 16.8. The Morgan fingerprint density at radius 1 is 1.35 bits per heavy atom. The molecule has 2 aliphatic heterocycles. The van der Waals surface area contributed by atoms with Crippen molar-refractivity contribution in [2.24, 2.45) is 0 Å². The summed E-state index contributed by atoms with van der Waals surface area (Å²) in [6.45, 7) is 2.98. The van der Waals surface area contributed by atoms with Crippen LogP contribution in [0.1, 0.15) is 0 Å². The highest BCUT2D eigenvalue weighted by molar-refractivity contribution is 7.80. The van der Waals surface area contributed by atoms with Crippen molar-refractivity contribution in [3.8, 4) is 11.6 Å². The molecule has 0 saturated carbocycles. The van der Waals surface area contributed by atoms with Gasteiger partial charge in [0, 0.05) is 25.2 Å². The number of rotatable bonds is 3. The van der Waals surface area contributed by atoms with E-state index in [0.717, 1.165) is 31.0 Å². The maximum atomic E-state index is 13.4. The Hall–Kier alpha value is -2.61. The van der Waals surface area contributed by atoms with Crippen LogP contribution in [0.25, 0.3) is 0 Å². The van der Waals surface area contributed by atoms with Crippen LogP contribution in [-0.2, 0) is 0 Å². The molecule has 0 amide bonds. The van der Waals surface area contributed by atoms with E-state index in [0.29, 0.717) is 29.4 Å². The molecule has 0 atom stereocenters. The van der Waals surface area contributed by atoms with Gasteiger partial charge in [-0.3, -0.25) is 0 Å². The molecule has 4 rings (SSSR count). The first-order chi connectivity index (χ1) is 12.6. The molecule has 0 bridgehead atoms. The summed E-state index contributed by atoms with van der Waals surface area (Å²) in [5, 5.41) is 3.86. The molecule has 0 aliphatic carbocycles. The molecule has 1 aromatic carbocycles. The first-order valence-corrected chi connectivity index (χ1v) is 8.80. The topological polar surface area (TPSA) is 49.9 Å². The minimum Gasteiger partial charge on any atom is -0.489 e. The lowest BCUT2D eigenvalue weighted by atomic mass is 10.1. The number of thiocarbonyl (C=S) groups is 1. The first-order valence-electron chi connectivity index (χ1n) is 8.39. The zero-order valence-electron chi connectivity index (χ0n) is 14.3. The molecule has 136 valence electrons. The number of pyridine rings is 1. The van der Waals surface area contributed by atoms with Gasteiger partial charge in [-0.25, -0.2) is 9.37 Å². The molecule has 3 heterocycles. The highest BCUT2D eigenvalue weighted by Gasteiger charge is 2.35. The predicted molar refractivity (Wildman–Crippen MR) is 102 cm³/mol. The van der Waals surface area contributed by atoms with Gasteiger partial charge in [-0.2, -0.15) is 0 Å². The van der Waals surface area contributed by atoms with Gasteiger partial charge in [-0.15, -0.1) is 0 Å². The van der Waals surface area contributed by atoms with E-state index in [2.05, 4.69) is 20.1 Å². The summed E-state index contributed by atoms with van der Waals surface area (Å²) < 4.78 is 24.0. The highest BCUT2D eigenvalue weighted by Crippen LogP contribution is 2.35. The maximum absolute atomic E-state index is 13.4. The zero-order chi connectivity index (χ0) is 18.1. The average Bonchev–Trinajstić information content (AvgIpc) is 2.61. The van der Waals surface area contributed by atoms with Crippen molar-refractivity contribution in [1.82, 2.24) is 9.88 Å². The minimum absolute atomic E-state index is 0.278. The number of halogens is 1. The number of hydrogen-bond donors (Lipinski definition) is 1. The fraction of sp³-hybridized carbons (Fsp3) is 0.333. The lowest BCUT2D eigenvalue weighted by Gasteiger charge is -2.48. The molecule has 1 N–H and O–H groups in total. The van der Waals surface area contributed by atoms with Gasteiger partial charge in [0.1, 0.15) is 18.2 Å². The van der Waals surface area contributed by atoms with Crippen molar-refractivity contribution in [2.75, 3.05) is 43.6 Å². The standard InChI is InChI=1S/C18H19FN4O2S/c1-24-17-5-3-13(9-20-17)21-18(26)22-10-14(11-22)23-6-7-25-16-8-12(19)2-4-15(16)23/h2-5,8-9,14H,6-7,10-11H2,1H3,(H,21,26). The summed E-state index contributed by atoms with van der Waals surface area (Å²) in [5.74, 6) is 0.895. The SMILES string of the molecule is COc1ccc(NC(=S)N2CC(N3CCOc4cc(F)ccc43)C2)cn1. The van der Waals surface area contributed by atoms with E-state index in [4.69, 9.17) is 21.7 Å². The molecule has 1 fully saturated rings. The van der Waals surface area contributed by atoms with Crippen LogP contribution in [-0.4, -0.2) is 54.4 Å². The molecule has 2 aliphatic rings. The van der Waals surface area contributed by atoms with E-state index in [-0.39, 0.29) is 5.82 Å². The van der Waals surface area contributed by atoms with E-state index >= 15 is 0 Å². The maximum Gasteiger partial charge on any atom is 0.213 e. The van der Waals surface area contributed by atoms with Gasteiger partial charge in [0.15, 0.2) is 5.11 Å². The van der Waals surface area contributed by atoms with Gasteiger partial charge >= 0.3 is 0 Å². The fourth-order valence-electron chi connectivity index (χ4n) is 3.19. The van der Waals surface area contributed by atoms with Crippen molar-refractivity contribution >= 4 is 28.7 Å². The molecule has 8 heteroatoms. The van der Waals surface area contributed by atoms with Gasteiger partial charge in [0.25, 0.3) is 0 Å². The Labute approximate surface area is 156 Å². The molecule has 0 spiro atoms. The number of ether oxygens (including phenoxy) is 2. The lowest BCUT2D eigenvalue weighted by Crippen LogP contribution is -2.63. The Morgan fingerprint density at radius 2 is 2.19 bits per heavy atom. The van der Waals surface area contributed by atoms with Gasteiger partial charge in [-0.1, -0.05) is 0 Å². The molecular formula is C18H19FN4O2S. The van der Waals surface area contributed by atoms with E-state index in [1.54, 1.807) is 25.4 Å². The van der Waals surface area contributed by atoms with Crippen LogP contribution in [0.3, 0.4) is 0 Å². The van der Waals surface area contributed by atoms with Crippen molar-refractivity contribution in [3.05, 3.63) is 42.3 Å². The fourth-order valence-corrected chi connectivity index (χ4v) is 3.46. The number of likely N-dealkylation sites (tertiary alicyclic amines) is 1. The van der Waals surface area contributed by atoms with Crippen LogP contribution in [0.5, 0.6) is 11.6 Å². The van der Waals surface area contributed by atoms with Crippen LogP contribution in [0.2, 0.25) is 0 Å². The summed E-state index contributed by atoms with van der Waals surface area (Å²) >= 11 is 5.48. The Balaban J connectivity index is 1.36. The second-order valence-electron chi connectivity index (χ2n) is 6.23. The number of benzene rings is 1. The van der Waals surface area contributed by atoms with Crippen molar-refractivity contribution in [1.29, 1.82) is 0 Å². The number of hydrogen-bond acceptors (Lipinski definition) is 5. The minimum atomic E-state index is -0.278. The summed E-state index contributed by atoms with van der Waals surface area (Å²) in [5.41, 5.74) is 1.77. The smallest absolute Gasteiger partial charge is 0.213 e. The largest absolute Gasteiger partial charge is 0.489 e. The summed E-state index contributed by atoms with van der Waals surface area (Å²) in [7, 11) is 1.58.